The summed E-state index contributed by atoms with van der Waals surface area (Å²) in [6, 6.07) is 13.8. The molecule has 0 bridgehead atoms. The minimum atomic E-state index is -4.15. The van der Waals surface area contributed by atoms with Crippen molar-refractivity contribution in [1.82, 2.24) is 0 Å². The Kier molecular flexibility index (Phi) is 7.12. The molecule has 0 radical (unpaired) electrons. The summed E-state index contributed by atoms with van der Waals surface area (Å²) in [5.41, 5.74) is 0.564. The van der Waals surface area contributed by atoms with Gasteiger partial charge in [-0.05, 0) is 73.2 Å². The first kappa shape index (κ1) is 23.2. The molecule has 3 rings (SSSR count). The highest BCUT2D eigenvalue weighted by molar-refractivity contribution is 7.85. The predicted molar refractivity (Wildman–Crippen MR) is 113 cm³/mol. The molecule has 0 atom stereocenters. The number of hydrogen-bond donors (Lipinski definition) is 1. The Morgan fingerprint density at radius 1 is 0.750 bits per heavy atom. The summed E-state index contributed by atoms with van der Waals surface area (Å²) in [7, 11) is -4.15. The lowest BCUT2D eigenvalue weighted by atomic mass is 9.97. The van der Waals surface area contributed by atoms with Crippen LogP contribution >= 0.6 is 0 Å². The van der Waals surface area contributed by atoms with Crippen LogP contribution in [-0.2, 0) is 10.1 Å². The van der Waals surface area contributed by atoms with Crippen molar-refractivity contribution in [3.8, 4) is 5.75 Å². The van der Waals surface area contributed by atoms with E-state index in [0.29, 0.717) is 0 Å². The van der Waals surface area contributed by atoms with E-state index in [9.17, 15) is 26.8 Å². The van der Waals surface area contributed by atoms with Gasteiger partial charge in [0.1, 0.15) is 17.4 Å². The molecule has 0 saturated heterocycles. The van der Waals surface area contributed by atoms with Crippen LogP contribution < -0.4 is 4.74 Å². The van der Waals surface area contributed by atoms with Crippen LogP contribution in [0.3, 0.4) is 0 Å². The van der Waals surface area contributed by atoms with Crippen LogP contribution in [0, 0.1) is 11.6 Å². The predicted octanol–water partition coefficient (Wildman–Crippen LogP) is 4.08. The van der Waals surface area contributed by atoms with Gasteiger partial charge in [0.25, 0.3) is 10.1 Å². The SMILES string of the molecule is O=C(c1ccc(F)cc1)c1cc(OCCCS(=O)(=O)O)cc(C(=O)c2ccc(F)cc2)c1. The van der Waals surface area contributed by atoms with Crippen molar-refractivity contribution in [3.05, 3.63) is 101 Å². The van der Waals surface area contributed by atoms with Gasteiger partial charge >= 0.3 is 0 Å². The molecule has 0 aliphatic carbocycles. The monoisotopic (exact) mass is 460 g/mol. The van der Waals surface area contributed by atoms with Crippen molar-refractivity contribution in [2.45, 2.75) is 6.42 Å². The van der Waals surface area contributed by atoms with Crippen LogP contribution in [0.25, 0.3) is 0 Å². The van der Waals surface area contributed by atoms with E-state index in [-0.39, 0.29) is 41.0 Å². The van der Waals surface area contributed by atoms with Gasteiger partial charge in [-0.3, -0.25) is 14.1 Å². The Labute approximate surface area is 183 Å². The molecule has 0 heterocycles. The Morgan fingerprint density at radius 2 is 1.19 bits per heavy atom. The van der Waals surface area contributed by atoms with E-state index in [1.807, 2.05) is 0 Å². The second-order valence-corrected chi connectivity index (χ2v) is 8.48. The first-order chi connectivity index (χ1) is 15.1. The lowest BCUT2D eigenvalue weighted by molar-refractivity contribution is 0.103. The number of ether oxygens (including phenoxy) is 1. The van der Waals surface area contributed by atoms with Crippen LogP contribution in [0.4, 0.5) is 8.78 Å². The summed E-state index contributed by atoms with van der Waals surface area (Å²) in [6.45, 7) is -0.0990. The number of rotatable bonds is 9. The van der Waals surface area contributed by atoms with Gasteiger partial charge in [0.15, 0.2) is 11.6 Å². The average molecular weight is 460 g/mol. The second kappa shape index (κ2) is 9.80. The molecule has 0 spiro atoms. The van der Waals surface area contributed by atoms with E-state index in [2.05, 4.69) is 0 Å². The summed E-state index contributed by atoms with van der Waals surface area (Å²) in [5.74, 6) is -2.38. The fourth-order valence-corrected chi connectivity index (χ4v) is 3.39. The van der Waals surface area contributed by atoms with Gasteiger partial charge in [0.2, 0.25) is 0 Å². The van der Waals surface area contributed by atoms with Gasteiger partial charge in [0.05, 0.1) is 12.4 Å². The summed E-state index contributed by atoms with van der Waals surface area (Å²) in [6.07, 6.45) is -0.0176. The van der Waals surface area contributed by atoms with E-state index >= 15 is 0 Å². The molecule has 9 heteroatoms. The molecule has 1 N–H and O–H groups in total. The molecule has 0 fully saturated rings. The lowest BCUT2D eigenvalue weighted by Crippen LogP contribution is -2.10. The maximum absolute atomic E-state index is 13.2. The van der Waals surface area contributed by atoms with Crippen molar-refractivity contribution in [2.75, 3.05) is 12.4 Å². The Hall–Kier alpha value is -3.43. The molecule has 0 aliphatic rings. The largest absolute Gasteiger partial charge is 0.494 e. The Morgan fingerprint density at radius 3 is 1.59 bits per heavy atom. The molecule has 3 aromatic carbocycles. The third kappa shape index (κ3) is 6.29. The van der Waals surface area contributed by atoms with Crippen LogP contribution in [0.5, 0.6) is 5.75 Å². The number of halogens is 2. The third-order valence-electron chi connectivity index (χ3n) is 4.46. The summed E-state index contributed by atoms with van der Waals surface area (Å²) < 4.78 is 62.4. The highest BCUT2D eigenvalue weighted by atomic mass is 32.2. The number of carbonyl (C=O) groups is 2. The molecule has 166 valence electrons. The molecular weight excluding hydrogens is 442 g/mol. The highest BCUT2D eigenvalue weighted by Gasteiger charge is 2.17. The standard InChI is InChI=1S/C23H18F2O6S/c24-19-6-2-15(3-7-19)22(26)17-12-18(23(27)16-4-8-20(25)9-5-16)14-21(13-17)31-10-1-11-32(28,29)30/h2-9,12-14H,1,10-11H2,(H,28,29,30). The number of carbonyl (C=O) groups excluding carboxylic acids is 2. The van der Waals surface area contributed by atoms with Crippen LogP contribution in [0.15, 0.2) is 66.7 Å². The first-order valence-corrected chi connectivity index (χ1v) is 11.1. The minimum Gasteiger partial charge on any atom is -0.494 e. The van der Waals surface area contributed by atoms with E-state index in [4.69, 9.17) is 9.29 Å². The maximum atomic E-state index is 13.2. The molecule has 0 aliphatic heterocycles. The van der Waals surface area contributed by atoms with Crippen molar-refractivity contribution in [1.29, 1.82) is 0 Å². The van der Waals surface area contributed by atoms with Gasteiger partial charge in [-0.1, -0.05) is 0 Å². The Bertz CT molecular complexity index is 1160. The number of hydrogen-bond acceptors (Lipinski definition) is 5. The number of benzene rings is 3. The van der Waals surface area contributed by atoms with E-state index in [1.165, 1.54) is 42.5 Å². The summed E-state index contributed by atoms with van der Waals surface area (Å²) in [5, 5.41) is 0. The smallest absolute Gasteiger partial charge is 0.264 e. The van der Waals surface area contributed by atoms with Crippen molar-refractivity contribution >= 4 is 21.7 Å². The molecule has 0 aromatic heterocycles. The number of ketones is 2. The molecule has 0 saturated carbocycles. The zero-order chi connectivity index (χ0) is 23.3. The molecule has 32 heavy (non-hydrogen) atoms. The Balaban J connectivity index is 1.93. The highest BCUT2D eigenvalue weighted by Crippen LogP contribution is 2.23. The minimum absolute atomic E-state index is 0.0176. The first-order valence-electron chi connectivity index (χ1n) is 9.46. The average Bonchev–Trinajstić information content (AvgIpc) is 2.76. The normalized spacial score (nSPS) is 11.2. The molecule has 0 amide bonds. The van der Waals surface area contributed by atoms with Gasteiger partial charge in [-0.15, -0.1) is 0 Å². The molecule has 3 aromatic rings. The maximum Gasteiger partial charge on any atom is 0.264 e. The zero-order valence-corrected chi connectivity index (χ0v) is 17.4. The fraction of sp³-hybridized carbons (Fsp3) is 0.130. The van der Waals surface area contributed by atoms with Crippen LogP contribution in [-0.4, -0.2) is 36.9 Å². The van der Waals surface area contributed by atoms with Gasteiger partial charge in [-0.2, -0.15) is 8.42 Å². The van der Waals surface area contributed by atoms with E-state index in [1.54, 1.807) is 0 Å². The van der Waals surface area contributed by atoms with Crippen LogP contribution in [0.2, 0.25) is 0 Å². The van der Waals surface area contributed by atoms with E-state index in [0.717, 1.165) is 24.3 Å². The lowest BCUT2D eigenvalue weighted by Gasteiger charge is -2.11. The van der Waals surface area contributed by atoms with Crippen LogP contribution in [0.1, 0.15) is 38.3 Å². The second-order valence-electron chi connectivity index (χ2n) is 6.91. The van der Waals surface area contributed by atoms with Crippen molar-refractivity contribution in [2.24, 2.45) is 0 Å². The third-order valence-corrected chi connectivity index (χ3v) is 5.26. The molecular formula is C23H18F2O6S. The van der Waals surface area contributed by atoms with Gasteiger partial charge < -0.3 is 4.74 Å². The molecule has 0 unspecified atom stereocenters. The van der Waals surface area contributed by atoms with Gasteiger partial charge in [0, 0.05) is 22.3 Å². The van der Waals surface area contributed by atoms with E-state index < -0.39 is 39.1 Å². The molecule has 6 nitrogen and oxygen atoms in total. The van der Waals surface area contributed by atoms with Crippen molar-refractivity contribution < 1.29 is 36.1 Å². The zero-order valence-electron chi connectivity index (χ0n) is 16.6. The summed E-state index contributed by atoms with van der Waals surface area (Å²) >= 11 is 0. The summed E-state index contributed by atoms with van der Waals surface area (Å²) in [4.78, 5) is 25.8. The fourth-order valence-electron chi connectivity index (χ4n) is 2.91. The quantitative estimate of drug-likeness (QED) is 0.294. The van der Waals surface area contributed by atoms with Gasteiger partial charge in [-0.25, -0.2) is 8.78 Å². The topological polar surface area (TPSA) is 97.7 Å². The van der Waals surface area contributed by atoms with Crippen molar-refractivity contribution in [3.63, 3.8) is 0 Å².